The second-order valence-corrected chi connectivity index (χ2v) is 7.29. The number of rotatable bonds is 7. The summed E-state index contributed by atoms with van der Waals surface area (Å²) in [4.78, 5) is 20.7. The minimum atomic E-state index is -4.05. The number of nitrogens with one attached hydrogen (secondary N) is 2. The van der Waals surface area contributed by atoms with Gasteiger partial charge in [0.25, 0.3) is 15.7 Å². The van der Waals surface area contributed by atoms with Crippen LogP contribution in [0.2, 0.25) is 0 Å². The highest BCUT2D eigenvalue weighted by Gasteiger charge is 2.22. The Hall–Kier alpha value is -3.14. The van der Waals surface area contributed by atoms with Crippen LogP contribution in [0.4, 0.5) is 17.1 Å². The maximum atomic E-state index is 12.5. The van der Waals surface area contributed by atoms with E-state index in [-0.39, 0.29) is 10.6 Å². The fourth-order valence-corrected chi connectivity index (χ4v) is 3.43. The summed E-state index contributed by atoms with van der Waals surface area (Å²) in [7, 11) is -4.05. The van der Waals surface area contributed by atoms with Crippen molar-refractivity contribution in [1.82, 2.24) is 0 Å². The van der Waals surface area contributed by atoms with Crippen molar-refractivity contribution < 1.29 is 23.2 Å². The largest absolute Gasteiger partial charge is 0.480 e. The Bertz CT molecular complexity index is 972. The molecule has 0 radical (unpaired) electrons. The zero-order valence-corrected chi connectivity index (χ0v) is 14.8. The molecular weight excluding hydrogens is 362 g/mol. The number of anilines is 2. The molecule has 0 atom stereocenters. The minimum Gasteiger partial charge on any atom is -0.480 e. The number of nitrogens with zero attached hydrogens (tertiary/aromatic N) is 1. The molecule has 0 aliphatic rings. The van der Waals surface area contributed by atoms with E-state index in [2.05, 4.69) is 10.0 Å². The van der Waals surface area contributed by atoms with Crippen molar-refractivity contribution in [3.63, 3.8) is 0 Å². The van der Waals surface area contributed by atoms with Gasteiger partial charge < -0.3 is 10.4 Å². The lowest BCUT2D eigenvalue weighted by Crippen LogP contribution is -2.16. The summed E-state index contributed by atoms with van der Waals surface area (Å²) in [6.07, 6.45) is 0. The van der Waals surface area contributed by atoms with E-state index < -0.39 is 33.1 Å². The Morgan fingerprint density at radius 1 is 1.15 bits per heavy atom. The van der Waals surface area contributed by atoms with Gasteiger partial charge in [0.05, 0.1) is 15.5 Å². The van der Waals surface area contributed by atoms with Gasteiger partial charge in [0.2, 0.25) is 0 Å². The molecule has 0 saturated heterocycles. The van der Waals surface area contributed by atoms with Crippen molar-refractivity contribution in [3.8, 4) is 0 Å². The number of hydrogen-bond donors (Lipinski definition) is 3. The fourth-order valence-electron chi connectivity index (χ4n) is 2.28. The minimum absolute atomic E-state index is 0.0807. The number of aliphatic carboxylic acids is 1. The average Bonchev–Trinajstić information content (AvgIpc) is 2.55. The molecule has 10 heteroatoms. The van der Waals surface area contributed by atoms with E-state index in [1.807, 2.05) is 6.92 Å². The molecular formula is C16H17N3O6S. The van der Waals surface area contributed by atoms with Gasteiger partial charge in [0.1, 0.15) is 12.2 Å². The number of carbonyl (C=O) groups is 1. The number of sulfonamides is 1. The number of benzene rings is 2. The molecule has 2 aromatic carbocycles. The van der Waals surface area contributed by atoms with Crippen molar-refractivity contribution >= 4 is 33.1 Å². The van der Waals surface area contributed by atoms with Gasteiger partial charge in [-0.15, -0.1) is 0 Å². The summed E-state index contributed by atoms with van der Waals surface area (Å²) in [6.45, 7) is 3.08. The summed E-state index contributed by atoms with van der Waals surface area (Å²) >= 11 is 0. The van der Waals surface area contributed by atoms with Gasteiger partial charge in [0.15, 0.2) is 0 Å². The highest BCUT2D eigenvalue weighted by molar-refractivity contribution is 7.92. The predicted molar refractivity (Wildman–Crippen MR) is 95.9 cm³/mol. The van der Waals surface area contributed by atoms with Gasteiger partial charge in [-0.1, -0.05) is 17.7 Å². The number of carboxylic acids is 1. The van der Waals surface area contributed by atoms with Crippen LogP contribution in [-0.4, -0.2) is 31.0 Å². The first-order valence-corrected chi connectivity index (χ1v) is 8.92. The first-order chi connectivity index (χ1) is 12.1. The molecule has 0 aliphatic heterocycles. The van der Waals surface area contributed by atoms with Crippen LogP contribution in [0.3, 0.4) is 0 Å². The van der Waals surface area contributed by atoms with Crippen molar-refractivity contribution in [2.45, 2.75) is 18.7 Å². The lowest BCUT2D eigenvalue weighted by Gasteiger charge is -2.12. The van der Waals surface area contributed by atoms with E-state index in [0.717, 1.165) is 17.7 Å². The van der Waals surface area contributed by atoms with Crippen LogP contribution in [0, 0.1) is 24.0 Å². The molecule has 9 nitrogen and oxygen atoms in total. The van der Waals surface area contributed by atoms with Crippen molar-refractivity contribution in [3.05, 3.63) is 57.6 Å². The summed E-state index contributed by atoms with van der Waals surface area (Å²) < 4.78 is 27.5. The molecule has 2 rings (SSSR count). The standard InChI is InChI=1S/C16H17N3O6S/c1-10-3-5-13(11(2)7-10)18-26(24,25)12-4-6-14(17-9-16(20)21)15(8-12)19(22)23/h3-8,17-18H,9H2,1-2H3,(H,20,21). The first-order valence-electron chi connectivity index (χ1n) is 7.44. The Morgan fingerprint density at radius 3 is 2.38 bits per heavy atom. The monoisotopic (exact) mass is 379 g/mol. The van der Waals surface area contributed by atoms with Gasteiger partial charge in [0, 0.05) is 6.07 Å². The van der Waals surface area contributed by atoms with E-state index in [1.165, 1.54) is 6.07 Å². The number of nitro groups is 1. The van der Waals surface area contributed by atoms with E-state index in [4.69, 9.17) is 5.11 Å². The number of hydrogen-bond acceptors (Lipinski definition) is 6. The maximum absolute atomic E-state index is 12.5. The summed E-state index contributed by atoms with van der Waals surface area (Å²) in [5, 5.41) is 22.2. The van der Waals surface area contributed by atoms with E-state index in [9.17, 15) is 23.3 Å². The van der Waals surface area contributed by atoms with Gasteiger partial charge in [-0.2, -0.15) is 0 Å². The molecule has 2 aromatic rings. The topological polar surface area (TPSA) is 139 Å². The van der Waals surface area contributed by atoms with E-state index in [0.29, 0.717) is 11.3 Å². The second kappa shape index (κ2) is 7.40. The third kappa shape index (κ3) is 4.48. The molecule has 0 bridgehead atoms. The molecule has 138 valence electrons. The smallest absolute Gasteiger partial charge is 0.322 e. The summed E-state index contributed by atoms with van der Waals surface area (Å²) in [6, 6.07) is 8.38. The fraction of sp³-hybridized carbons (Fsp3) is 0.188. The van der Waals surface area contributed by atoms with Gasteiger partial charge in [-0.05, 0) is 37.6 Å². The third-order valence-electron chi connectivity index (χ3n) is 3.53. The molecule has 0 aromatic heterocycles. The van der Waals surface area contributed by atoms with Crippen LogP contribution in [0.5, 0.6) is 0 Å². The molecule has 0 aliphatic carbocycles. The van der Waals surface area contributed by atoms with E-state index >= 15 is 0 Å². The SMILES string of the molecule is Cc1ccc(NS(=O)(=O)c2ccc(NCC(=O)O)c([N+](=O)[O-])c2)c(C)c1. The van der Waals surface area contributed by atoms with Gasteiger partial charge in [-0.3, -0.25) is 19.6 Å². The average molecular weight is 379 g/mol. The molecule has 0 saturated carbocycles. The maximum Gasteiger partial charge on any atom is 0.322 e. The molecule has 0 heterocycles. The zero-order chi connectivity index (χ0) is 19.5. The van der Waals surface area contributed by atoms with Gasteiger partial charge >= 0.3 is 5.97 Å². The van der Waals surface area contributed by atoms with Crippen LogP contribution in [0.25, 0.3) is 0 Å². The van der Waals surface area contributed by atoms with Crippen molar-refractivity contribution in [1.29, 1.82) is 0 Å². The highest BCUT2D eigenvalue weighted by atomic mass is 32.2. The quantitative estimate of drug-likeness (QED) is 0.496. The number of aryl methyl sites for hydroxylation is 2. The van der Waals surface area contributed by atoms with E-state index in [1.54, 1.807) is 25.1 Å². The van der Waals surface area contributed by atoms with Crippen LogP contribution >= 0.6 is 0 Å². The van der Waals surface area contributed by atoms with Crippen molar-refractivity contribution in [2.24, 2.45) is 0 Å². The molecule has 0 amide bonds. The van der Waals surface area contributed by atoms with Crippen molar-refractivity contribution in [2.75, 3.05) is 16.6 Å². The Labute approximate surface area is 149 Å². The van der Waals surface area contributed by atoms with Crippen LogP contribution in [-0.2, 0) is 14.8 Å². The lowest BCUT2D eigenvalue weighted by molar-refractivity contribution is -0.384. The molecule has 26 heavy (non-hydrogen) atoms. The summed E-state index contributed by atoms with van der Waals surface area (Å²) in [5.74, 6) is -1.20. The van der Waals surface area contributed by atoms with Gasteiger partial charge in [-0.25, -0.2) is 8.42 Å². The lowest BCUT2D eigenvalue weighted by atomic mass is 10.1. The predicted octanol–water partition coefficient (Wildman–Crippen LogP) is 2.51. The molecule has 0 unspecified atom stereocenters. The second-order valence-electron chi connectivity index (χ2n) is 5.61. The Balaban J connectivity index is 2.38. The summed E-state index contributed by atoms with van der Waals surface area (Å²) in [5.41, 5.74) is 1.43. The molecule has 0 spiro atoms. The first kappa shape index (κ1) is 19.2. The number of carboxylic acid groups (broad SMARTS) is 1. The van der Waals surface area contributed by atoms with Crippen LogP contribution in [0.1, 0.15) is 11.1 Å². The Kier molecular flexibility index (Phi) is 5.46. The zero-order valence-electron chi connectivity index (χ0n) is 14.0. The Morgan fingerprint density at radius 2 is 1.81 bits per heavy atom. The normalized spacial score (nSPS) is 11.0. The highest BCUT2D eigenvalue weighted by Crippen LogP contribution is 2.29. The molecule has 3 N–H and O–H groups in total. The van der Waals surface area contributed by atoms with Crippen LogP contribution < -0.4 is 10.0 Å². The third-order valence-corrected chi connectivity index (χ3v) is 4.90. The molecule has 0 fully saturated rings. The number of nitro benzene ring substituents is 1. The van der Waals surface area contributed by atoms with Crippen LogP contribution in [0.15, 0.2) is 41.3 Å².